The maximum Gasteiger partial charge on any atom is 0.226 e. The summed E-state index contributed by atoms with van der Waals surface area (Å²) in [6, 6.07) is 9.83. The van der Waals surface area contributed by atoms with E-state index in [1.165, 1.54) is 5.56 Å². The fourth-order valence-corrected chi connectivity index (χ4v) is 3.22. The summed E-state index contributed by atoms with van der Waals surface area (Å²) in [5.41, 5.74) is 2.31. The van der Waals surface area contributed by atoms with Crippen LogP contribution in [0.15, 0.2) is 36.5 Å². The Morgan fingerprint density at radius 2 is 1.92 bits per heavy atom. The highest BCUT2D eigenvalue weighted by molar-refractivity contribution is 6.30. The largest absolute Gasteiger partial charge is 0.493 e. The van der Waals surface area contributed by atoms with Crippen molar-refractivity contribution < 1.29 is 9.53 Å². The van der Waals surface area contributed by atoms with Gasteiger partial charge in [-0.3, -0.25) is 4.79 Å². The molecule has 0 N–H and O–H groups in total. The van der Waals surface area contributed by atoms with E-state index in [0.29, 0.717) is 31.1 Å². The number of piperazine rings is 1. The number of amides is 1. The second-order valence-corrected chi connectivity index (χ2v) is 7.01. The van der Waals surface area contributed by atoms with Gasteiger partial charge in [-0.05, 0) is 37.6 Å². The van der Waals surface area contributed by atoms with Crippen LogP contribution >= 0.6 is 11.6 Å². The summed E-state index contributed by atoms with van der Waals surface area (Å²) in [6.45, 7) is 7.44. The maximum absolute atomic E-state index is 12.4. The van der Waals surface area contributed by atoms with E-state index in [0.717, 1.165) is 30.2 Å². The van der Waals surface area contributed by atoms with E-state index >= 15 is 0 Å². The Kier molecular flexibility index (Phi) is 5.99. The first-order chi connectivity index (χ1) is 12.5. The van der Waals surface area contributed by atoms with Crippen molar-refractivity contribution in [2.24, 2.45) is 0 Å². The molecule has 26 heavy (non-hydrogen) atoms. The Labute approximate surface area is 159 Å². The van der Waals surface area contributed by atoms with Crippen molar-refractivity contribution in [1.29, 1.82) is 0 Å². The summed E-state index contributed by atoms with van der Waals surface area (Å²) in [4.78, 5) is 20.8. The first-order valence-corrected chi connectivity index (χ1v) is 9.25. The van der Waals surface area contributed by atoms with E-state index in [4.69, 9.17) is 16.3 Å². The van der Waals surface area contributed by atoms with E-state index < -0.39 is 0 Å². The summed E-state index contributed by atoms with van der Waals surface area (Å²) in [5, 5.41) is 0.631. The third kappa shape index (κ3) is 4.67. The maximum atomic E-state index is 12.4. The molecule has 0 saturated carbocycles. The van der Waals surface area contributed by atoms with Gasteiger partial charge in [0.2, 0.25) is 5.91 Å². The standard InChI is InChI=1S/C20H24ClN3O2/c1-15-3-5-18(16(2)13-15)26-12-7-20(25)24-10-8-23(9-11-24)19-6-4-17(21)14-22-19/h3-6,13-14H,7-12H2,1-2H3. The number of aryl methyl sites for hydroxylation is 2. The molecule has 0 radical (unpaired) electrons. The molecule has 0 unspecified atom stereocenters. The molecule has 1 amide bonds. The molecule has 1 aliphatic heterocycles. The van der Waals surface area contributed by atoms with Crippen LogP contribution in [-0.4, -0.2) is 48.6 Å². The number of hydrogen-bond acceptors (Lipinski definition) is 4. The number of carbonyl (C=O) groups excluding carboxylic acids is 1. The van der Waals surface area contributed by atoms with Crippen molar-refractivity contribution in [1.82, 2.24) is 9.88 Å². The van der Waals surface area contributed by atoms with Crippen molar-refractivity contribution in [2.45, 2.75) is 20.3 Å². The molecule has 0 aliphatic carbocycles. The van der Waals surface area contributed by atoms with Crippen LogP contribution in [0.3, 0.4) is 0 Å². The zero-order chi connectivity index (χ0) is 18.5. The highest BCUT2D eigenvalue weighted by atomic mass is 35.5. The molecule has 1 saturated heterocycles. The Morgan fingerprint density at radius 3 is 2.58 bits per heavy atom. The van der Waals surface area contributed by atoms with E-state index in [1.807, 2.05) is 36.1 Å². The third-order valence-corrected chi connectivity index (χ3v) is 4.80. The third-order valence-electron chi connectivity index (χ3n) is 4.57. The molecule has 5 nitrogen and oxygen atoms in total. The molecule has 0 bridgehead atoms. The number of carbonyl (C=O) groups is 1. The van der Waals surface area contributed by atoms with Gasteiger partial charge < -0.3 is 14.5 Å². The Balaban J connectivity index is 1.44. The molecule has 1 fully saturated rings. The van der Waals surface area contributed by atoms with Crippen LogP contribution in [0.5, 0.6) is 5.75 Å². The lowest BCUT2D eigenvalue weighted by Gasteiger charge is -2.35. The fourth-order valence-electron chi connectivity index (χ4n) is 3.11. The molecule has 2 heterocycles. The van der Waals surface area contributed by atoms with Gasteiger partial charge in [0, 0.05) is 32.4 Å². The van der Waals surface area contributed by atoms with Gasteiger partial charge in [-0.25, -0.2) is 4.98 Å². The Bertz CT molecular complexity index is 756. The molecule has 1 aromatic heterocycles. The molecule has 1 aromatic carbocycles. The normalized spacial score (nSPS) is 14.4. The molecule has 0 atom stereocenters. The average Bonchev–Trinajstić information content (AvgIpc) is 2.64. The first-order valence-electron chi connectivity index (χ1n) is 8.87. The highest BCUT2D eigenvalue weighted by Gasteiger charge is 2.21. The zero-order valence-electron chi connectivity index (χ0n) is 15.2. The van der Waals surface area contributed by atoms with Gasteiger partial charge in [0.15, 0.2) is 0 Å². The van der Waals surface area contributed by atoms with Crippen molar-refractivity contribution >= 4 is 23.3 Å². The van der Waals surface area contributed by atoms with Crippen LogP contribution in [-0.2, 0) is 4.79 Å². The molecule has 0 spiro atoms. The number of anilines is 1. The van der Waals surface area contributed by atoms with Crippen molar-refractivity contribution in [3.8, 4) is 5.75 Å². The van der Waals surface area contributed by atoms with Gasteiger partial charge >= 0.3 is 0 Å². The van der Waals surface area contributed by atoms with Crippen molar-refractivity contribution in [2.75, 3.05) is 37.7 Å². The fraction of sp³-hybridized carbons (Fsp3) is 0.400. The highest BCUT2D eigenvalue weighted by Crippen LogP contribution is 2.19. The van der Waals surface area contributed by atoms with Crippen LogP contribution in [0.2, 0.25) is 5.02 Å². The number of benzene rings is 1. The summed E-state index contributed by atoms with van der Waals surface area (Å²) in [5.74, 6) is 1.89. The molecular weight excluding hydrogens is 350 g/mol. The Morgan fingerprint density at radius 1 is 1.15 bits per heavy atom. The summed E-state index contributed by atoms with van der Waals surface area (Å²) in [7, 11) is 0. The van der Waals surface area contributed by atoms with Crippen LogP contribution in [0.25, 0.3) is 0 Å². The predicted molar refractivity (Wildman–Crippen MR) is 104 cm³/mol. The molecule has 3 rings (SSSR count). The Hall–Kier alpha value is -2.27. The van der Waals surface area contributed by atoms with Gasteiger partial charge in [0.25, 0.3) is 0 Å². The van der Waals surface area contributed by atoms with E-state index in [2.05, 4.69) is 22.9 Å². The van der Waals surface area contributed by atoms with Crippen LogP contribution in [0.4, 0.5) is 5.82 Å². The molecular formula is C20H24ClN3O2. The number of nitrogens with zero attached hydrogens (tertiary/aromatic N) is 3. The monoisotopic (exact) mass is 373 g/mol. The SMILES string of the molecule is Cc1ccc(OCCC(=O)N2CCN(c3ccc(Cl)cn3)CC2)c(C)c1. The second kappa shape index (κ2) is 8.41. The van der Waals surface area contributed by atoms with Gasteiger partial charge in [0.1, 0.15) is 11.6 Å². The molecule has 2 aromatic rings. The lowest BCUT2D eigenvalue weighted by Crippen LogP contribution is -2.49. The first kappa shape index (κ1) is 18.5. The second-order valence-electron chi connectivity index (χ2n) is 6.57. The lowest BCUT2D eigenvalue weighted by atomic mass is 10.1. The van der Waals surface area contributed by atoms with Crippen LogP contribution in [0, 0.1) is 13.8 Å². The number of halogens is 1. The minimum absolute atomic E-state index is 0.137. The number of hydrogen-bond donors (Lipinski definition) is 0. The summed E-state index contributed by atoms with van der Waals surface area (Å²) in [6.07, 6.45) is 2.05. The number of ether oxygens (including phenoxy) is 1. The van der Waals surface area contributed by atoms with E-state index in [9.17, 15) is 4.79 Å². The van der Waals surface area contributed by atoms with E-state index in [1.54, 1.807) is 6.20 Å². The van der Waals surface area contributed by atoms with Crippen LogP contribution in [0.1, 0.15) is 17.5 Å². The molecule has 6 heteroatoms. The predicted octanol–water partition coefficient (Wildman–Crippen LogP) is 3.47. The number of aromatic nitrogens is 1. The number of rotatable bonds is 5. The zero-order valence-corrected chi connectivity index (χ0v) is 16.0. The summed E-state index contributed by atoms with van der Waals surface area (Å²) >= 11 is 5.88. The minimum atomic E-state index is 0.137. The smallest absolute Gasteiger partial charge is 0.226 e. The van der Waals surface area contributed by atoms with Crippen molar-refractivity contribution in [3.63, 3.8) is 0 Å². The molecule has 1 aliphatic rings. The van der Waals surface area contributed by atoms with E-state index in [-0.39, 0.29) is 5.91 Å². The van der Waals surface area contributed by atoms with Gasteiger partial charge in [-0.1, -0.05) is 29.3 Å². The van der Waals surface area contributed by atoms with Crippen molar-refractivity contribution in [3.05, 3.63) is 52.7 Å². The van der Waals surface area contributed by atoms with Gasteiger partial charge in [0.05, 0.1) is 18.1 Å². The van der Waals surface area contributed by atoms with Gasteiger partial charge in [-0.2, -0.15) is 0 Å². The van der Waals surface area contributed by atoms with Crippen LogP contribution < -0.4 is 9.64 Å². The van der Waals surface area contributed by atoms with Gasteiger partial charge in [-0.15, -0.1) is 0 Å². The molecule has 138 valence electrons. The quantitative estimate of drug-likeness (QED) is 0.805. The summed E-state index contributed by atoms with van der Waals surface area (Å²) < 4.78 is 5.77. The average molecular weight is 374 g/mol. The lowest BCUT2D eigenvalue weighted by molar-refractivity contribution is -0.132. The topological polar surface area (TPSA) is 45.7 Å². The minimum Gasteiger partial charge on any atom is -0.493 e. The number of pyridine rings is 1.